The molecule has 1 fully saturated rings. The normalized spacial score (nSPS) is 22.1. The van der Waals surface area contributed by atoms with E-state index in [0.29, 0.717) is 19.4 Å². The van der Waals surface area contributed by atoms with Crippen molar-refractivity contribution in [2.45, 2.75) is 31.9 Å². The van der Waals surface area contributed by atoms with Crippen molar-refractivity contribution in [3.8, 4) is 0 Å². The highest BCUT2D eigenvalue weighted by molar-refractivity contribution is 5.84. The summed E-state index contributed by atoms with van der Waals surface area (Å²) < 4.78 is 36.0. The van der Waals surface area contributed by atoms with Gasteiger partial charge in [0.2, 0.25) is 5.91 Å². The summed E-state index contributed by atoms with van der Waals surface area (Å²) in [5.74, 6) is -0.801. The third-order valence-corrected chi connectivity index (χ3v) is 2.93. The second kappa shape index (κ2) is 5.92. The zero-order valence-electron chi connectivity index (χ0n) is 9.78. The molecule has 0 spiro atoms. The third kappa shape index (κ3) is 4.42. The van der Waals surface area contributed by atoms with E-state index in [1.165, 1.54) is 4.90 Å². The smallest absolute Gasteiger partial charge is 0.389 e. The first-order valence-electron chi connectivity index (χ1n) is 5.65. The Morgan fingerprint density at radius 1 is 1.50 bits per heavy atom. The van der Waals surface area contributed by atoms with Crippen molar-refractivity contribution in [3.63, 3.8) is 0 Å². The van der Waals surface area contributed by atoms with Crippen LogP contribution in [-0.2, 0) is 4.79 Å². The number of likely N-dealkylation sites (tertiary alicyclic amines) is 1. The second-order valence-corrected chi connectivity index (χ2v) is 4.32. The monoisotopic (exact) mass is 267 g/mol. The number of amidine groups is 1. The van der Waals surface area contributed by atoms with Crippen LogP contribution in [0.3, 0.4) is 0 Å². The first kappa shape index (κ1) is 14.6. The van der Waals surface area contributed by atoms with Crippen LogP contribution in [-0.4, -0.2) is 41.1 Å². The summed E-state index contributed by atoms with van der Waals surface area (Å²) in [6, 6.07) is 0. The van der Waals surface area contributed by atoms with Crippen LogP contribution in [0.25, 0.3) is 0 Å². The standard InChI is InChI=1S/C10H16F3N3O2/c11-10(12,13)4-3-8(17)16-5-1-2-7(6-16)9(14)15-18/h7,18H,1-6H2,(H2,14,15). The Morgan fingerprint density at radius 3 is 2.72 bits per heavy atom. The first-order chi connectivity index (χ1) is 8.33. The molecule has 1 amide bonds. The lowest BCUT2D eigenvalue weighted by Gasteiger charge is -2.32. The summed E-state index contributed by atoms with van der Waals surface area (Å²) in [6.45, 7) is 0.637. The van der Waals surface area contributed by atoms with E-state index in [0.717, 1.165) is 0 Å². The van der Waals surface area contributed by atoms with Crippen LogP contribution in [0.1, 0.15) is 25.7 Å². The van der Waals surface area contributed by atoms with Gasteiger partial charge in [-0.2, -0.15) is 13.2 Å². The van der Waals surface area contributed by atoms with Crippen LogP contribution in [0.5, 0.6) is 0 Å². The van der Waals surface area contributed by atoms with Crippen molar-refractivity contribution >= 4 is 11.7 Å². The van der Waals surface area contributed by atoms with Crippen molar-refractivity contribution in [1.29, 1.82) is 0 Å². The Bertz CT molecular complexity index is 331. The van der Waals surface area contributed by atoms with Crippen LogP contribution in [0.4, 0.5) is 13.2 Å². The number of carbonyl (C=O) groups is 1. The number of halogens is 3. The Balaban J connectivity index is 2.48. The van der Waals surface area contributed by atoms with Gasteiger partial charge in [-0.25, -0.2) is 0 Å². The van der Waals surface area contributed by atoms with E-state index in [9.17, 15) is 18.0 Å². The molecule has 1 heterocycles. The van der Waals surface area contributed by atoms with Crippen molar-refractivity contribution in [2.24, 2.45) is 16.8 Å². The van der Waals surface area contributed by atoms with Gasteiger partial charge >= 0.3 is 6.18 Å². The Morgan fingerprint density at radius 2 is 2.17 bits per heavy atom. The molecule has 1 aliphatic heterocycles. The van der Waals surface area contributed by atoms with Gasteiger partial charge in [-0.1, -0.05) is 5.16 Å². The number of hydrogen-bond acceptors (Lipinski definition) is 3. The number of carbonyl (C=O) groups excluding carboxylic acids is 1. The molecule has 8 heteroatoms. The molecule has 104 valence electrons. The molecule has 1 aliphatic rings. The number of nitrogens with zero attached hydrogens (tertiary/aromatic N) is 2. The van der Waals surface area contributed by atoms with E-state index >= 15 is 0 Å². The minimum Gasteiger partial charge on any atom is -0.409 e. The third-order valence-electron chi connectivity index (χ3n) is 2.93. The lowest BCUT2D eigenvalue weighted by molar-refractivity contribution is -0.149. The van der Waals surface area contributed by atoms with Gasteiger partial charge in [-0.15, -0.1) is 0 Å². The van der Waals surface area contributed by atoms with E-state index in [4.69, 9.17) is 10.9 Å². The van der Waals surface area contributed by atoms with Gasteiger partial charge in [0.25, 0.3) is 0 Å². The topological polar surface area (TPSA) is 78.9 Å². The summed E-state index contributed by atoms with van der Waals surface area (Å²) in [5.41, 5.74) is 5.44. The average Bonchev–Trinajstić information content (AvgIpc) is 2.34. The van der Waals surface area contributed by atoms with Crippen molar-refractivity contribution < 1.29 is 23.2 Å². The lowest BCUT2D eigenvalue weighted by atomic mass is 9.96. The largest absolute Gasteiger partial charge is 0.409 e. The summed E-state index contributed by atoms with van der Waals surface area (Å²) in [5, 5.41) is 11.4. The van der Waals surface area contributed by atoms with E-state index in [2.05, 4.69) is 5.16 Å². The van der Waals surface area contributed by atoms with Crippen LogP contribution in [0, 0.1) is 5.92 Å². The molecule has 0 aromatic heterocycles. The molecule has 18 heavy (non-hydrogen) atoms. The fraction of sp³-hybridized carbons (Fsp3) is 0.800. The molecule has 5 nitrogen and oxygen atoms in total. The van der Waals surface area contributed by atoms with Crippen LogP contribution >= 0.6 is 0 Å². The molecule has 1 rings (SSSR count). The molecule has 1 unspecified atom stereocenters. The fourth-order valence-corrected chi connectivity index (χ4v) is 1.93. The molecule has 0 radical (unpaired) electrons. The van der Waals surface area contributed by atoms with Gasteiger partial charge < -0.3 is 15.8 Å². The maximum atomic E-state index is 12.0. The zero-order chi connectivity index (χ0) is 13.8. The molecule has 1 saturated heterocycles. The minimum absolute atomic E-state index is 0.0170. The van der Waals surface area contributed by atoms with Crippen LogP contribution in [0.15, 0.2) is 5.16 Å². The summed E-state index contributed by atoms with van der Waals surface area (Å²) in [6.07, 6.45) is -4.68. The minimum atomic E-state index is -4.32. The number of alkyl halides is 3. The van der Waals surface area contributed by atoms with Crippen molar-refractivity contribution in [2.75, 3.05) is 13.1 Å². The van der Waals surface area contributed by atoms with E-state index in [1.54, 1.807) is 0 Å². The highest BCUT2D eigenvalue weighted by Gasteiger charge is 2.31. The fourth-order valence-electron chi connectivity index (χ4n) is 1.93. The molecule has 0 saturated carbocycles. The predicted molar refractivity (Wildman–Crippen MR) is 58.0 cm³/mol. The molecular weight excluding hydrogens is 251 g/mol. The average molecular weight is 267 g/mol. The molecule has 0 aliphatic carbocycles. The van der Waals surface area contributed by atoms with E-state index < -0.39 is 24.9 Å². The highest BCUT2D eigenvalue weighted by Crippen LogP contribution is 2.23. The van der Waals surface area contributed by atoms with Gasteiger partial charge in [0, 0.05) is 25.4 Å². The van der Waals surface area contributed by atoms with Crippen LogP contribution < -0.4 is 5.73 Å². The number of piperidine rings is 1. The first-order valence-corrected chi connectivity index (χ1v) is 5.65. The summed E-state index contributed by atoms with van der Waals surface area (Å²) in [4.78, 5) is 12.9. The number of hydrogen-bond donors (Lipinski definition) is 2. The molecular formula is C10H16F3N3O2. The Hall–Kier alpha value is -1.47. The van der Waals surface area contributed by atoms with Crippen molar-refractivity contribution in [1.82, 2.24) is 4.90 Å². The van der Waals surface area contributed by atoms with Gasteiger partial charge in [0.1, 0.15) is 5.84 Å². The van der Waals surface area contributed by atoms with Gasteiger partial charge in [0.15, 0.2) is 0 Å². The number of nitrogens with two attached hydrogens (primary N) is 1. The maximum absolute atomic E-state index is 12.0. The van der Waals surface area contributed by atoms with Crippen molar-refractivity contribution in [3.05, 3.63) is 0 Å². The summed E-state index contributed by atoms with van der Waals surface area (Å²) >= 11 is 0. The molecule has 3 N–H and O–H groups in total. The van der Waals surface area contributed by atoms with Gasteiger partial charge in [0.05, 0.1) is 6.42 Å². The Kier molecular flexibility index (Phi) is 4.80. The summed E-state index contributed by atoms with van der Waals surface area (Å²) in [7, 11) is 0. The number of rotatable bonds is 3. The molecule has 1 atom stereocenters. The number of oxime groups is 1. The van der Waals surface area contributed by atoms with Gasteiger partial charge in [-0.05, 0) is 12.8 Å². The second-order valence-electron chi connectivity index (χ2n) is 4.32. The Labute approximate surface area is 102 Å². The SMILES string of the molecule is N/C(=N\O)C1CCCN(C(=O)CCC(F)(F)F)C1. The maximum Gasteiger partial charge on any atom is 0.389 e. The zero-order valence-corrected chi connectivity index (χ0v) is 9.78. The number of amides is 1. The molecule has 0 aromatic carbocycles. The van der Waals surface area contributed by atoms with Gasteiger partial charge in [-0.3, -0.25) is 4.79 Å². The molecule has 0 bridgehead atoms. The van der Waals surface area contributed by atoms with E-state index in [-0.39, 0.29) is 18.3 Å². The quantitative estimate of drug-likeness (QED) is 0.350. The van der Waals surface area contributed by atoms with E-state index in [1.807, 2.05) is 0 Å². The lowest BCUT2D eigenvalue weighted by Crippen LogP contribution is -2.44. The van der Waals surface area contributed by atoms with Crippen LogP contribution in [0.2, 0.25) is 0 Å². The molecule has 0 aromatic rings. The predicted octanol–water partition coefficient (Wildman–Crippen LogP) is 1.31. The highest BCUT2D eigenvalue weighted by atomic mass is 19.4.